The normalized spacial score (nSPS) is 21.2. The summed E-state index contributed by atoms with van der Waals surface area (Å²) in [4.78, 5) is 9.17. The second-order valence-electron chi connectivity index (χ2n) is 8.67. The number of pyridine rings is 1. The molecule has 0 amide bonds. The van der Waals surface area contributed by atoms with Crippen molar-refractivity contribution in [2.24, 2.45) is 0 Å². The molecule has 4 nitrogen and oxygen atoms in total. The number of rotatable bonds is 3. The minimum absolute atomic E-state index is 0.148. The molecule has 25 heavy (non-hydrogen) atoms. The van der Waals surface area contributed by atoms with Gasteiger partial charge in [-0.25, -0.2) is 0 Å². The summed E-state index contributed by atoms with van der Waals surface area (Å²) in [5.41, 5.74) is 5.74. The van der Waals surface area contributed by atoms with E-state index in [-0.39, 0.29) is 11.0 Å². The number of anilines is 2. The highest BCUT2D eigenvalue weighted by molar-refractivity contribution is 5.67. The van der Waals surface area contributed by atoms with Crippen LogP contribution in [-0.2, 0) is 12.0 Å². The van der Waals surface area contributed by atoms with Gasteiger partial charge < -0.3 is 10.2 Å². The number of fused-ring (bicyclic) bond motifs is 1. The van der Waals surface area contributed by atoms with Crippen LogP contribution in [0.5, 0.6) is 0 Å². The van der Waals surface area contributed by atoms with E-state index in [1.165, 1.54) is 22.5 Å². The Kier molecular flexibility index (Phi) is 3.76. The maximum atomic E-state index is 4.13. The first kappa shape index (κ1) is 16.4. The first-order chi connectivity index (χ1) is 11.9. The summed E-state index contributed by atoms with van der Waals surface area (Å²) in [6.45, 7) is 13.3. The average Bonchev–Trinajstić information content (AvgIpc) is 3.05. The van der Waals surface area contributed by atoms with E-state index in [0.717, 1.165) is 26.3 Å². The molecular weight excluding hydrogens is 308 g/mol. The van der Waals surface area contributed by atoms with Gasteiger partial charge in [-0.1, -0.05) is 19.9 Å². The molecule has 1 aromatic carbocycles. The second kappa shape index (κ2) is 5.73. The molecule has 1 fully saturated rings. The van der Waals surface area contributed by atoms with Crippen LogP contribution in [0.25, 0.3) is 0 Å². The van der Waals surface area contributed by atoms with Gasteiger partial charge in [0.15, 0.2) is 0 Å². The molecule has 2 aromatic rings. The molecule has 132 valence electrons. The zero-order valence-electron chi connectivity index (χ0n) is 15.7. The molecular formula is C21H28N4. The molecule has 0 spiro atoms. The van der Waals surface area contributed by atoms with Crippen LogP contribution in [0.3, 0.4) is 0 Å². The third kappa shape index (κ3) is 2.99. The van der Waals surface area contributed by atoms with Crippen LogP contribution >= 0.6 is 0 Å². The Morgan fingerprint density at radius 1 is 1.08 bits per heavy atom. The zero-order valence-corrected chi connectivity index (χ0v) is 15.7. The Morgan fingerprint density at radius 2 is 1.84 bits per heavy atom. The fourth-order valence-corrected chi connectivity index (χ4v) is 4.04. The minimum Gasteiger partial charge on any atom is -0.384 e. The molecule has 0 saturated carbocycles. The van der Waals surface area contributed by atoms with E-state index in [2.05, 4.69) is 78.1 Å². The largest absolute Gasteiger partial charge is 0.384 e. The van der Waals surface area contributed by atoms with Gasteiger partial charge >= 0.3 is 0 Å². The van der Waals surface area contributed by atoms with Crippen LogP contribution in [0.2, 0.25) is 0 Å². The van der Waals surface area contributed by atoms with Crippen LogP contribution in [0.15, 0.2) is 42.7 Å². The molecule has 0 aliphatic carbocycles. The quantitative estimate of drug-likeness (QED) is 0.923. The van der Waals surface area contributed by atoms with E-state index < -0.39 is 0 Å². The molecule has 2 aliphatic rings. The summed E-state index contributed by atoms with van der Waals surface area (Å²) in [5, 5.41) is 3.58. The van der Waals surface area contributed by atoms with E-state index in [9.17, 15) is 0 Å². The Hall–Kier alpha value is -2.07. The minimum atomic E-state index is 0.148. The van der Waals surface area contributed by atoms with Crippen LogP contribution in [0, 0.1) is 0 Å². The van der Waals surface area contributed by atoms with Crippen molar-refractivity contribution in [1.29, 1.82) is 0 Å². The number of aromatic nitrogens is 1. The molecule has 0 atom stereocenters. The van der Waals surface area contributed by atoms with E-state index >= 15 is 0 Å². The zero-order chi connectivity index (χ0) is 17.7. The first-order valence-electron chi connectivity index (χ1n) is 9.12. The van der Waals surface area contributed by atoms with Crippen LogP contribution in [-0.4, -0.2) is 35.2 Å². The number of hydrogen-bond donors (Lipinski definition) is 1. The smallest absolute Gasteiger partial charge is 0.0715 e. The third-order valence-electron chi connectivity index (χ3n) is 5.72. The van der Waals surface area contributed by atoms with Crippen LogP contribution < -0.4 is 10.2 Å². The van der Waals surface area contributed by atoms with Gasteiger partial charge in [0.25, 0.3) is 0 Å². The standard InChI is InChI=1S/C21H28N4/c1-20(2)13-23-19-11-17(5-6-18(19)20)24-14-21(3,4)25(15-24)12-16-7-9-22-10-8-16/h5-11,23H,12-15H2,1-4H3. The number of benzene rings is 1. The van der Waals surface area contributed by atoms with Crippen molar-refractivity contribution >= 4 is 11.4 Å². The predicted octanol–water partition coefficient (Wildman–Crippen LogP) is 3.84. The molecule has 0 unspecified atom stereocenters. The van der Waals surface area contributed by atoms with Gasteiger partial charge in [0, 0.05) is 54.4 Å². The molecule has 3 heterocycles. The number of nitrogens with one attached hydrogen (secondary N) is 1. The third-order valence-corrected chi connectivity index (χ3v) is 5.72. The lowest BCUT2D eigenvalue weighted by Crippen LogP contribution is -2.39. The van der Waals surface area contributed by atoms with Gasteiger partial charge in [0.2, 0.25) is 0 Å². The van der Waals surface area contributed by atoms with Gasteiger partial charge in [0.05, 0.1) is 6.67 Å². The topological polar surface area (TPSA) is 31.4 Å². The van der Waals surface area contributed by atoms with Crippen molar-refractivity contribution in [3.63, 3.8) is 0 Å². The molecule has 0 radical (unpaired) electrons. The lowest BCUT2D eigenvalue weighted by Gasteiger charge is -2.29. The molecule has 4 rings (SSSR count). The van der Waals surface area contributed by atoms with Gasteiger partial charge in [0.1, 0.15) is 0 Å². The van der Waals surface area contributed by atoms with Crippen molar-refractivity contribution in [2.75, 3.05) is 30.0 Å². The Labute approximate surface area is 150 Å². The lowest BCUT2D eigenvalue weighted by molar-refractivity contribution is 0.175. The summed E-state index contributed by atoms with van der Waals surface area (Å²) in [6, 6.07) is 11.2. The maximum Gasteiger partial charge on any atom is 0.0715 e. The Morgan fingerprint density at radius 3 is 2.60 bits per heavy atom. The van der Waals surface area contributed by atoms with Crippen molar-refractivity contribution in [1.82, 2.24) is 9.88 Å². The fraction of sp³-hybridized carbons (Fsp3) is 0.476. The second-order valence-corrected chi connectivity index (χ2v) is 8.67. The molecule has 4 heteroatoms. The van der Waals surface area contributed by atoms with Gasteiger partial charge in [-0.15, -0.1) is 0 Å². The molecule has 1 saturated heterocycles. The first-order valence-corrected chi connectivity index (χ1v) is 9.12. The number of nitrogens with zero attached hydrogens (tertiary/aromatic N) is 3. The Balaban J connectivity index is 1.55. The molecule has 1 N–H and O–H groups in total. The van der Waals surface area contributed by atoms with Crippen molar-refractivity contribution in [2.45, 2.75) is 45.2 Å². The fourth-order valence-electron chi connectivity index (χ4n) is 4.04. The maximum absolute atomic E-state index is 4.13. The number of hydrogen-bond acceptors (Lipinski definition) is 4. The van der Waals surface area contributed by atoms with Crippen LogP contribution in [0.1, 0.15) is 38.8 Å². The monoisotopic (exact) mass is 336 g/mol. The van der Waals surface area contributed by atoms with Crippen molar-refractivity contribution in [3.8, 4) is 0 Å². The highest BCUT2D eigenvalue weighted by atomic mass is 15.4. The van der Waals surface area contributed by atoms with Crippen molar-refractivity contribution < 1.29 is 0 Å². The van der Waals surface area contributed by atoms with Gasteiger partial charge in [-0.3, -0.25) is 9.88 Å². The molecule has 1 aromatic heterocycles. The summed E-state index contributed by atoms with van der Waals surface area (Å²) < 4.78 is 0. The SMILES string of the molecule is CC1(C)CNc2cc(N3CN(Cc4ccncc4)C(C)(C)C3)ccc21. The highest BCUT2D eigenvalue weighted by Gasteiger charge is 2.38. The summed E-state index contributed by atoms with van der Waals surface area (Å²) in [7, 11) is 0. The van der Waals surface area contributed by atoms with E-state index in [1.54, 1.807) is 0 Å². The predicted molar refractivity (Wildman–Crippen MR) is 104 cm³/mol. The Bertz CT molecular complexity index is 767. The van der Waals surface area contributed by atoms with E-state index in [4.69, 9.17) is 0 Å². The summed E-state index contributed by atoms with van der Waals surface area (Å²) in [6.07, 6.45) is 3.76. The summed E-state index contributed by atoms with van der Waals surface area (Å²) in [5.74, 6) is 0. The lowest BCUT2D eigenvalue weighted by atomic mass is 9.87. The van der Waals surface area contributed by atoms with Gasteiger partial charge in [-0.2, -0.15) is 0 Å². The van der Waals surface area contributed by atoms with Crippen molar-refractivity contribution in [3.05, 3.63) is 53.9 Å². The average molecular weight is 336 g/mol. The highest BCUT2D eigenvalue weighted by Crippen LogP contribution is 2.39. The molecule has 0 bridgehead atoms. The molecule has 2 aliphatic heterocycles. The van der Waals surface area contributed by atoms with Crippen LogP contribution in [0.4, 0.5) is 11.4 Å². The summed E-state index contributed by atoms with van der Waals surface area (Å²) >= 11 is 0. The van der Waals surface area contributed by atoms with Gasteiger partial charge in [-0.05, 0) is 49.2 Å². The van der Waals surface area contributed by atoms with E-state index in [0.29, 0.717) is 0 Å². The van der Waals surface area contributed by atoms with E-state index in [1.807, 2.05) is 12.4 Å².